The minimum atomic E-state index is 0.365. The number of hydrogen-bond donors (Lipinski definition) is 0. The second kappa shape index (κ2) is 4.09. The first-order valence-corrected chi connectivity index (χ1v) is 5.42. The van der Waals surface area contributed by atoms with Gasteiger partial charge in [0.15, 0.2) is 0 Å². The Morgan fingerprint density at radius 3 is 2.64 bits per heavy atom. The van der Waals surface area contributed by atoms with Crippen LogP contribution in [-0.4, -0.2) is 23.9 Å². The molecule has 2 heterocycles. The van der Waals surface area contributed by atoms with Crippen LogP contribution in [0.5, 0.6) is 0 Å². The highest BCUT2D eigenvalue weighted by molar-refractivity contribution is 9.10. The highest BCUT2D eigenvalue weighted by Gasteiger charge is 2.16. The average molecular weight is 255 g/mol. The molecule has 1 aliphatic rings. The van der Waals surface area contributed by atoms with Crippen molar-refractivity contribution in [3.63, 3.8) is 0 Å². The summed E-state index contributed by atoms with van der Waals surface area (Å²) in [4.78, 5) is 17.4. The van der Waals surface area contributed by atoms with Crippen molar-refractivity contribution in [1.82, 2.24) is 4.98 Å². The van der Waals surface area contributed by atoms with E-state index in [9.17, 15) is 4.79 Å². The van der Waals surface area contributed by atoms with Gasteiger partial charge in [-0.25, -0.2) is 0 Å². The summed E-state index contributed by atoms with van der Waals surface area (Å²) in [5.74, 6) is 0.365. The number of Topliss-reactive ketones (excluding diaryl/α,β-unsaturated/α-hetero) is 1. The van der Waals surface area contributed by atoms with E-state index < -0.39 is 0 Å². The van der Waals surface area contributed by atoms with Crippen LogP contribution in [0.3, 0.4) is 0 Å². The van der Waals surface area contributed by atoms with Gasteiger partial charge in [-0.2, -0.15) is 0 Å². The fraction of sp³-hybridized carbons (Fsp3) is 0.400. The summed E-state index contributed by atoms with van der Waals surface area (Å²) in [5.41, 5.74) is 1.09. The Morgan fingerprint density at radius 1 is 1.29 bits per heavy atom. The van der Waals surface area contributed by atoms with Crippen LogP contribution in [0.2, 0.25) is 0 Å². The SMILES string of the molecule is O=C1CCN(c2cncc(Br)c2)CC1. The number of halogens is 1. The summed E-state index contributed by atoms with van der Waals surface area (Å²) in [6.45, 7) is 1.63. The normalized spacial score (nSPS) is 17.2. The molecule has 0 aliphatic carbocycles. The Balaban J connectivity index is 2.12. The molecule has 0 radical (unpaired) electrons. The lowest BCUT2D eigenvalue weighted by Gasteiger charge is -2.27. The van der Waals surface area contributed by atoms with E-state index in [0.29, 0.717) is 18.6 Å². The molecule has 74 valence electrons. The van der Waals surface area contributed by atoms with Gasteiger partial charge in [-0.05, 0) is 22.0 Å². The first kappa shape index (κ1) is 9.65. The van der Waals surface area contributed by atoms with E-state index in [-0.39, 0.29) is 0 Å². The Kier molecular flexibility index (Phi) is 2.82. The van der Waals surface area contributed by atoms with Gasteiger partial charge in [-0.1, -0.05) is 0 Å². The molecule has 0 aromatic carbocycles. The number of ketones is 1. The third-order valence-corrected chi connectivity index (χ3v) is 2.81. The van der Waals surface area contributed by atoms with Crippen molar-refractivity contribution in [2.24, 2.45) is 0 Å². The van der Waals surface area contributed by atoms with E-state index in [1.54, 1.807) is 6.20 Å². The van der Waals surface area contributed by atoms with Gasteiger partial charge in [-0.3, -0.25) is 9.78 Å². The molecule has 3 nitrogen and oxygen atoms in total. The third kappa shape index (κ3) is 2.12. The van der Waals surface area contributed by atoms with Gasteiger partial charge in [0.25, 0.3) is 0 Å². The molecular formula is C10H11BrN2O. The van der Waals surface area contributed by atoms with Crippen molar-refractivity contribution in [3.05, 3.63) is 22.9 Å². The van der Waals surface area contributed by atoms with Crippen molar-refractivity contribution >= 4 is 27.4 Å². The molecule has 0 amide bonds. The molecule has 0 bridgehead atoms. The number of pyridine rings is 1. The minimum Gasteiger partial charge on any atom is -0.369 e. The second-order valence-electron chi connectivity index (χ2n) is 3.39. The summed E-state index contributed by atoms with van der Waals surface area (Å²) < 4.78 is 0.979. The van der Waals surface area contributed by atoms with Crippen LogP contribution in [0, 0.1) is 0 Å². The van der Waals surface area contributed by atoms with Crippen molar-refractivity contribution in [1.29, 1.82) is 0 Å². The van der Waals surface area contributed by atoms with Crippen LogP contribution in [0.1, 0.15) is 12.8 Å². The highest BCUT2D eigenvalue weighted by Crippen LogP contribution is 2.20. The van der Waals surface area contributed by atoms with Crippen LogP contribution in [0.4, 0.5) is 5.69 Å². The predicted octanol–water partition coefficient (Wildman–Crippen LogP) is 2.01. The van der Waals surface area contributed by atoms with Gasteiger partial charge >= 0.3 is 0 Å². The molecule has 0 atom stereocenters. The highest BCUT2D eigenvalue weighted by atomic mass is 79.9. The van der Waals surface area contributed by atoms with Crippen molar-refractivity contribution in [2.45, 2.75) is 12.8 Å². The molecular weight excluding hydrogens is 244 g/mol. The molecule has 14 heavy (non-hydrogen) atoms. The molecule has 2 rings (SSSR count). The van der Waals surface area contributed by atoms with Gasteiger partial charge in [0.2, 0.25) is 0 Å². The number of anilines is 1. The zero-order chi connectivity index (χ0) is 9.97. The molecule has 0 saturated carbocycles. The number of rotatable bonds is 1. The van der Waals surface area contributed by atoms with E-state index in [1.807, 2.05) is 12.3 Å². The Bertz CT molecular complexity index is 344. The van der Waals surface area contributed by atoms with E-state index in [4.69, 9.17) is 0 Å². The fourth-order valence-corrected chi connectivity index (χ4v) is 1.94. The second-order valence-corrected chi connectivity index (χ2v) is 4.30. The summed E-state index contributed by atoms with van der Waals surface area (Å²) in [6.07, 6.45) is 4.91. The van der Waals surface area contributed by atoms with Crippen LogP contribution in [0.15, 0.2) is 22.9 Å². The van der Waals surface area contributed by atoms with E-state index >= 15 is 0 Å². The van der Waals surface area contributed by atoms with Crippen LogP contribution in [0.25, 0.3) is 0 Å². The maximum Gasteiger partial charge on any atom is 0.136 e. The lowest BCUT2D eigenvalue weighted by molar-refractivity contribution is -0.119. The molecule has 1 saturated heterocycles. The van der Waals surface area contributed by atoms with Crippen molar-refractivity contribution in [3.8, 4) is 0 Å². The fourth-order valence-electron chi connectivity index (χ4n) is 1.59. The standard InChI is InChI=1S/C10H11BrN2O/c11-8-5-9(7-12-6-8)13-3-1-10(14)2-4-13/h5-7H,1-4H2. The maximum absolute atomic E-state index is 11.1. The molecule has 0 N–H and O–H groups in total. The Hall–Kier alpha value is -0.900. The van der Waals surface area contributed by atoms with Gasteiger partial charge < -0.3 is 4.90 Å². The Morgan fingerprint density at radius 2 is 2.00 bits per heavy atom. The van der Waals surface area contributed by atoms with Crippen LogP contribution >= 0.6 is 15.9 Å². The summed E-state index contributed by atoms with van der Waals surface area (Å²) >= 11 is 3.38. The van der Waals surface area contributed by atoms with Gasteiger partial charge in [0.05, 0.1) is 11.9 Å². The Labute approximate surface area is 91.3 Å². The zero-order valence-corrected chi connectivity index (χ0v) is 9.33. The average Bonchev–Trinajstić information content (AvgIpc) is 2.19. The maximum atomic E-state index is 11.1. The molecule has 4 heteroatoms. The predicted molar refractivity (Wildman–Crippen MR) is 58.4 cm³/mol. The minimum absolute atomic E-state index is 0.365. The number of carbonyl (C=O) groups is 1. The molecule has 1 aromatic heterocycles. The smallest absolute Gasteiger partial charge is 0.136 e. The number of hydrogen-bond acceptors (Lipinski definition) is 3. The van der Waals surface area contributed by atoms with Crippen LogP contribution < -0.4 is 4.90 Å². The summed E-state index contributed by atoms with van der Waals surface area (Å²) in [5, 5.41) is 0. The lowest BCUT2D eigenvalue weighted by Crippen LogP contribution is -2.33. The lowest BCUT2D eigenvalue weighted by atomic mass is 10.1. The summed E-state index contributed by atoms with van der Waals surface area (Å²) in [7, 11) is 0. The van der Waals surface area contributed by atoms with Crippen LogP contribution in [-0.2, 0) is 4.79 Å². The number of piperidine rings is 1. The number of carbonyl (C=O) groups excluding carboxylic acids is 1. The molecule has 1 fully saturated rings. The van der Waals surface area contributed by atoms with Crippen molar-refractivity contribution in [2.75, 3.05) is 18.0 Å². The monoisotopic (exact) mass is 254 g/mol. The first-order chi connectivity index (χ1) is 6.75. The molecule has 0 unspecified atom stereocenters. The largest absolute Gasteiger partial charge is 0.369 e. The van der Waals surface area contributed by atoms with E-state index in [0.717, 1.165) is 23.2 Å². The number of aromatic nitrogens is 1. The topological polar surface area (TPSA) is 33.2 Å². The van der Waals surface area contributed by atoms with E-state index in [1.165, 1.54) is 0 Å². The molecule has 0 spiro atoms. The first-order valence-electron chi connectivity index (χ1n) is 4.63. The van der Waals surface area contributed by atoms with Crippen molar-refractivity contribution < 1.29 is 4.79 Å². The zero-order valence-electron chi connectivity index (χ0n) is 7.74. The third-order valence-electron chi connectivity index (χ3n) is 2.38. The van der Waals surface area contributed by atoms with E-state index in [2.05, 4.69) is 25.8 Å². The quantitative estimate of drug-likeness (QED) is 0.769. The van der Waals surface area contributed by atoms with Gasteiger partial charge in [0.1, 0.15) is 5.78 Å². The summed E-state index contributed by atoms with van der Waals surface area (Å²) in [6, 6.07) is 2.03. The van der Waals surface area contributed by atoms with Gasteiger partial charge in [-0.15, -0.1) is 0 Å². The number of nitrogens with zero attached hydrogens (tertiary/aromatic N) is 2. The molecule has 1 aromatic rings. The molecule has 1 aliphatic heterocycles. The van der Waals surface area contributed by atoms with Gasteiger partial charge in [0, 0.05) is 36.6 Å².